The lowest BCUT2D eigenvalue weighted by molar-refractivity contribution is -0.138. The van der Waals surface area contributed by atoms with Crippen molar-refractivity contribution in [2.75, 3.05) is 6.61 Å². The van der Waals surface area contributed by atoms with Crippen LogP contribution in [0.3, 0.4) is 0 Å². The average molecular weight is 520 g/mol. The van der Waals surface area contributed by atoms with Gasteiger partial charge in [0.2, 0.25) is 0 Å². The molecule has 0 spiro atoms. The van der Waals surface area contributed by atoms with Crippen LogP contribution < -0.4 is 14.9 Å². The first-order valence-electron chi connectivity index (χ1n) is 9.82. The van der Waals surface area contributed by atoms with Crippen LogP contribution in [-0.4, -0.2) is 17.1 Å². The van der Waals surface area contributed by atoms with Crippen molar-refractivity contribution >= 4 is 58.2 Å². The van der Waals surface area contributed by atoms with Crippen molar-refractivity contribution in [3.05, 3.63) is 112 Å². The van der Waals surface area contributed by atoms with E-state index in [9.17, 15) is 9.59 Å². The van der Waals surface area contributed by atoms with Crippen molar-refractivity contribution < 1.29 is 9.53 Å². The molecule has 1 atom stereocenters. The topological polar surface area (TPSA) is 60.7 Å². The molecule has 0 saturated carbocycles. The molecule has 168 valence electrons. The summed E-state index contributed by atoms with van der Waals surface area (Å²) in [4.78, 5) is 31.5. The lowest BCUT2D eigenvalue weighted by atomic mass is 9.96. The number of allylic oxidation sites excluding steroid dienone is 1. The lowest BCUT2D eigenvalue weighted by Crippen LogP contribution is -2.39. The Morgan fingerprint density at radius 1 is 1.21 bits per heavy atom. The Bertz CT molecular complexity index is 1470. The van der Waals surface area contributed by atoms with Crippen molar-refractivity contribution in [1.82, 2.24) is 4.57 Å². The molecule has 0 saturated heterocycles. The molecule has 1 aliphatic rings. The van der Waals surface area contributed by atoms with Crippen molar-refractivity contribution in [1.29, 1.82) is 0 Å². The third-order valence-corrected chi connectivity index (χ3v) is 7.10. The monoisotopic (exact) mass is 518 g/mol. The van der Waals surface area contributed by atoms with Gasteiger partial charge >= 0.3 is 5.97 Å². The van der Waals surface area contributed by atoms with Gasteiger partial charge in [0.1, 0.15) is 6.61 Å². The summed E-state index contributed by atoms with van der Waals surface area (Å²) in [7, 11) is 0. The molecule has 2 heterocycles. The van der Waals surface area contributed by atoms with Crippen LogP contribution in [-0.2, 0) is 9.53 Å². The number of nitrogens with zero attached hydrogens (tertiary/aromatic N) is 2. The maximum atomic E-state index is 13.5. The Morgan fingerprint density at radius 3 is 2.64 bits per heavy atom. The Hall–Kier alpha value is -2.64. The molecule has 3 aromatic rings. The normalized spacial score (nSPS) is 15.8. The first kappa shape index (κ1) is 23.5. The van der Waals surface area contributed by atoms with Crippen molar-refractivity contribution in [3.63, 3.8) is 0 Å². The predicted octanol–water partition coefficient (Wildman–Crippen LogP) is 4.92. The van der Waals surface area contributed by atoms with Gasteiger partial charge in [-0.15, -0.1) is 0 Å². The van der Waals surface area contributed by atoms with E-state index < -0.39 is 12.0 Å². The number of hydrogen-bond acceptors (Lipinski definition) is 5. The zero-order chi connectivity index (χ0) is 23.7. The number of carbonyl (C=O) groups excluding carboxylic acids is 1. The third kappa shape index (κ3) is 4.57. The highest BCUT2D eigenvalue weighted by molar-refractivity contribution is 7.07. The van der Waals surface area contributed by atoms with E-state index >= 15 is 0 Å². The second-order valence-corrected chi connectivity index (χ2v) is 9.39. The molecule has 9 heteroatoms. The summed E-state index contributed by atoms with van der Waals surface area (Å²) in [6.07, 6.45) is 3.15. The molecule has 1 aliphatic heterocycles. The summed E-state index contributed by atoms with van der Waals surface area (Å²) < 4.78 is 7.21. The van der Waals surface area contributed by atoms with Crippen LogP contribution in [0, 0.1) is 0 Å². The summed E-state index contributed by atoms with van der Waals surface area (Å²) in [6.45, 7) is 5.34. The molecule has 33 heavy (non-hydrogen) atoms. The number of thiazole rings is 1. The largest absolute Gasteiger partial charge is 0.458 e. The van der Waals surface area contributed by atoms with Gasteiger partial charge in [0.25, 0.3) is 5.56 Å². The molecular formula is C24H17Cl3N2O3S. The molecular weight excluding hydrogens is 503 g/mol. The zero-order valence-electron chi connectivity index (χ0n) is 17.3. The van der Waals surface area contributed by atoms with Gasteiger partial charge in [-0.25, -0.2) is 9.79 Å². The van der Waals surface area contributed by atoms with Crippen LogP contribution in [0.5, 0.6) is 0 Å². The van der Waals surface area contributed by atoms with Gasteiger partial charge in [-0.1, -0.05) is 83.1 Å². The van der Waals surface area contributed by atoms with Crippen LogP contribution in [0.4, 0.5) is 0 Å². The molecule has 0 radical (unpaired) electrons. The lowest BCUT2D eigenvalue weighted by Gasteiger charge is -2.24. The van der Waals surface area contributed by atoms with Gasteiger partial charge in [0.05, 0.1) is 31.9 Å². The van der Waals surface area contributed by atoms with E-state index in [1.165, 1.54) is 22.0 Å². The van der Waals surface area contributed by atoms with Gasteiger partial charge in [-0.2, -0.15) is 0 Å². The average Bonchev–Trinajstić information content (AvgIpc) is 3.09. The van der Waals surface area contributed by atoms with Gasteiger partial charge in [0, 0.05) is 5.02 Å². The van der Waals surface area contributed by atoms with Gasteiger partial charge in [-0.05, 0) is 42.3 Å². The second-order valence-electron chi connectivity index (χ2n) is 7.16. The minimum atomic E-state index is -0.729. The summed E-state index contributed by atoms with van der Waals surface area (Å²) in [5, 5.41) is 1.28. The first-order valence-corrected chi connectivity index (χ1v) is 11.8. The standard InChI is InChI=1S/C24H17Cl3N2O3S/c1-3-11-32-23(31)19-13(2)28-24-29(21(19)14-7-9-16(25)10-8-14)22(30)18(33-24)12-15-5-4-6-17(26)20(15)27/h3-10,12,21H,1,11H2,2H3. The Morgan fingerprint density at radius 2 is 1.94 bits per heavy atom. The number of aromatic nitrogens is 1. The predicted molar refractivity (Wildman–Crippen MR) is 133 cm³/mol. The number of hydrogen-bond donors (Lipinski definition) is 0. The highest BCUT2D eigenvalue weighted by Gasteiger charge is 2.33. The minimum absolute atomic E-state index is 0.0423. The first-order chi connectivity index (χ1) is 15.8. The number of esters is 1. The number of fused-ring (bicyclic) bond motifs is 1. The molecule has 4 rings (SSSR count). The SMILES string of the molecule is C=CCOC(=O)C1=C(C)N=c2sc(=Cc3cccc(Cl)c3Cl)c(=O)n2C1c1ccc(Cl)cc1. The molecule has 0 N–H and O–H groups in total. The van der Waals surface area contributed by atoms with Crippen LogP contribution in [0.25, 0.3) is 6.08 Å². The van der Waals surface area contributed by atoms with Crippen LogP contribution in [0.2, 0.25) is 15.1 Å². The van der Waals surface area contributed by atoms with E-state index in [0.29, 0.717) is 41.2 Å². The fourth-order valence-corrected chi connectivity index (χ4v) is 5.05. The molecule has 2 aromatic carbocycles. The number of halogens is 3. The summed E-state index contributed by atoms with van der Waals surface area (Å²) in [5.41, 5.74) is 1.75. The molecule has 0 bridgehead atoms. The third-order valence-electron chi connectivity index (χ3n) is 5.03. The van der Waals surface area contributed by atoms with Gasteiger partial charge in [0.15, 0.2) is 4.80 Å². The zero-order valence-corrected chi connectivity index (χ0v) is 20.4. The molecule has 0 fully saturated rings. The quantitative estimate of drug-likeness (QED) is 0.355. The number of benzene rings is 2. The van der Waals surface area contributed by atoms with Crippen LogP contribution >= 0.6 is 46.1 Å². The van der Waals surface area contributed by atoms with Gasteiger partial charge in [-0.3, -0.25) is 9.36 Å². The smallest absolute Gasteiger partial charge is 0.338 e. The second kappa shape index (κ2) is 9.69. The maximum Gasteiger partial charge on any atom is 0.338 e. The molecule has 1 aromatic heterocycles. The Kier molecular flexibility index (Phi) is 6.91. The minimum Gasteiger partial charge on any atom is -0.458 e. The van der Waals surface area contributed by atoms with E-state index in [0.717, 1.165) is 0 Å². The van der Waals surface area contributed by atoms with E-state index in [2.05, 4.69) is 11.6 Å². The fourth-order valence-electron chi connectivity index (χ4n) is 3.53. The van der Waals surface area contributed by atoms with Crippen molar-refractivity contribution in [2.24, 2.45) is 4.99 Å². The maximum absolute atomic E-state index is 13.5. The number of carbonyl (C=O) groups is 1. The van der Waals surface area contributed by atoms with E-state index in [4.69, 9.17) is 39.5 Å². The molecule has 5 nitrogen and oxygen atoms in total. The summed E-state index contributed by atoms with van der Waals surface area (Å²) in [6, 6.07) is 11.4. The molecule has 0 aliphatic carbocycles. The Labute approximate surface area is 208 Å². The van der Waals surface area contributed by atoms with E-state index in [1.807, 2.05) is 0 Å². The summed E-state index contributed by atoms with van der Waals surface area (Å²) >= 11 is 19.7. The fraction of sp³-hybridized carbons (Fsp3) is 0.125. The van der Waals surface area contributed by atoms with E-state index in [1.54, 1.807) is 55.5 Å². The Balaban J connectivity index is 1.95. The molecule has 0 amide bonds. The highest BCUT2D eigenvalue weighted by Crippen LogP contribution is 2.31. The van der Waals surface area contributed by atoms with Crippen molar-refractivity contribution in [3.8, 4) is 0 Å². The summed E-state index contributed by atoms with van der Waals surface area (Å²) in [5.74, 6) is -0.566. The highest BCUT2D eigenvalue weighted by atomic mass is 35.5. The number of ether oxygens (including phenoxy) is 1. The van der Waals surface area contributed by atoms with Gasteiger partial charge < -0.3 is 4.74 Å². The van der Waals surface area contributed by atoms with Crippen LogP contribution in [0.1, 0.15) is 24.1 Å². The number of rotatable bonds is 5. The van der Waals surface area contributed by atoms with Crippen molar-refractivity contribution in [2.45, 2.75) is 13.0 Å². The molecule has 1 unspecified atom stereocenters. The van der Waals surface area contributed by atoms with Crippen LogP contribution in [0.15, 0.2) is 76.2 Å². The van der Waals surface area contributed by atoms with E-state index in [-0.39, 0.29) is 17.7 Å².